The van der Waals surface area contributed by atoms with Gasteiger partial charge in [0.05, 0.1) is 53.1 Å². The number of hydrogen-bond donors (Lipinski definition) is 0. The molecule has 0 fully saturated rings. The zero-order valence-electron chi connectivity index (χ0n) is 36.5. The van der Waals surface area contributed by atoms with Crippen LogP contribution in [0.1, 0.15) is 11.1 Å². The third-order valence-electron chi connectivity index (χ3n) is 14.2. The van der Waals surface area contributed by atoms with Gasteiger partial charge in [-0.2, -0.15) is 10.5 Å². The minimum Gasteiger partial charge on any atom is -0.306 e. The monoisotopic (exact) mass is 928 g/mol. The van der Waals surface area contributed by atoms with Crippen LogP contribution in [0.3, 0.4) is 0 Å². The van der Waals surface area contributed by atoms with Gasteiger partial charge in [-0.3, -0.25) is 0 Å². The first kappa shape index (κ1) is 38.5. The van der Waals surface area contributed by atoms with Crippen molar-refractivity contribution in [3.63, 3.8) is 0 Å². The standard InChI is InChI=1S/C62H32N4S3/c63-33-47-53(35-15-3-1-4-16-35)55(65-49-23-11-7-19-37(49)41-27-30-44-38-20-8-12-24-50(38)67-60(44)57(41)65)48(34-64)56(54(47)36-17-5-2-6-18-36)66-58-42(28-31-45-39-21-9-13-25-51(39)68-61(45)58)43-29-32-46-40-22-10-14-26-52(40)69-62(46)59(43)66/h1-32H. The molecule has 0 bridgehead atoms. The fraction of sp³-hybridized carbons (Fsp3) is 0. The molecule has 0 aliphatic rings. The van der Waals surface area contributed by atoms with Crippen LogP contribution in [0.15, 0.2) is 194 Å². The average Bonchev–Trinajstić information content (AvgIpc) is 4.23. The van der Waals surface area contributed by atoms with E-state index in [4.69, 9.17) is 0 Å². The molecule has 0 atom stereocenters. The normalized spacial score (nSPS) is 12.0. The summed E-state index contributed by atoms with van der Waals surface area (Å²) in [6.45, 7) is 0. The Balaban J connectivity index is 1.26. The highest BCUT2D eigenvalue weighted by atomic mass is 32.1. The SMILES string of the molecule is N#Cc1c(-c2ccccc2)c(-n2c3ccccc3c3ccc4c5ccccc5sc4c32)c(C#N)c(-n2c3c(ccc4c5ccccc5sc43)c3ccc4c5ccccc5sc4c32)c1-c1ccccc1. The molecule has 10 aromatic carbocycles. The zero-order chi connectivity index (χ0) is 45.5. The fourth-order valence-corrected chi connectivity index (χ4v) is 15.1. The molecule has 4 nitrogen and oxygen atoms in total. The molecule has 69 heavy (non-hydrogen) atoms. The molecule has 0 aliphatic heterocycles. The largest absolute Gasteiger partial charge is 0.306 e. The summed E-state index contributed by atoms with van der Waals surface area (Å²) in [5.41, 5.74) is 9.58. The maximum absolute atomic E-state index is 12.5. The van der Waals surface area contributed by atoms with E-state index in [1.165, 1.54) is 30.3 Å². The van der Waals surface area contributed by atoms with Crippen LogP contribution in [0, 0.1) is 22.7 Å². The molecule has 0 amide bonds. The molecule has 7 heteroatoms. The van der Waals surface area contributed by atoms with E-state index in [0.717, 1.165) is 96.1 Å². The third kappa shape index (κ3) is 5.19. The van der Waals surface area contributed by atoms with Crippen LogP contribution < -0.4 is 0 Å². The van der Waals surface area contributed by atoms with Gasteiger partial charge in [-0.05, 0) is 35.4 Å². The van der Waals surface area contributed by atoms with Crippen LogP contribution in [-0.4, -0.2) is 9.13 Å². The molecule has 0 N–H and O–H groups in total. The van der Waals surface area contributed by atoms with E-state index < -0.39 is 0 Å². The molecule has 0 aliphatic carbocycles. The topological polar surface area (TPSA) is 57.4 Å². The smallest absolute Gasteiger partial charge is 0.104 e. The Kier molecular flexibility index (Phi) is 8.08. The number of thiophene rings is 3. The van der Waals surface area contributed by atoms with Crippen molar-refractivity contribution < 1.29 is 0 Å². The summed E-state index contributed by atoms with van der Waals surface area (Å²) in [5, 5.41) is 36.1. The Morgan fingerprint density at radius 1 is 0.304 bits per heavy atom. The Morgan fingerprint density at radius 2 is 0.652 bits per heavy atom. The Morgan fingerprint density at radius 3 is 1.10 bits per heavy atom. The van der Waals surface area contributed by atoms with Crippen LogP contribution in [0.25, 0.3) is 138 Å². The van der Waals surface area contributed by atoms with Crippen molar-refractivity contribution in [1.29, 1.82) is 10.5 Å². The summed E-state index contributed by atoms with van der Waals surface area (Å²) in [7, 11) is 0. The Labute approximate surface area is 406 Å². The molecule has 5 heterocycles. The summed E-state index contributed by atoms with van der Waals surface area (Å²) in [6, 6.07) is 74.4. The number of para-hydroxylation sites is 1. The minimum absolute atomic E-state index is 0.488. The molecule has 0 saturated carbocycles. The maximum atomic E-state index is 12.5. The van der Waals surface area contributed by atoms with E-state index in [1.54, 1.807) is 34.0 Å². The molecule has 0 radical (unpaired) electrons. The highest BCUT2D eigenvalue weighted by Crippen LogP contribution is 2.53. The molecular formula is C62H32N4S3. The van der Waals surface area contributed by atoms with Crippen molar-refractivity contribution in [1.82, 2.24) is 9.13 Å². The van der Waals surface area contributed by atoms with Gasteiger partial charge < -0.3 is 9.13 Å². The van der Waals surface area contributed by atoms with Crippen LogP contribution in [0.2, 0.25) is 0 Å². The van der Waals surface area contributed by atoms with Crippen LogP contribution >= 0.6 is 34.0 Å². The molecule has 5 aromatic heterocycles. The number of nitrogens with zero attached hydrogens (tertiary/aromatic N) is 4. The summed E-state index contributed by atoms with van der Waals surface area (Å²) in [6.07, 6.45) is 0. The van der Waals surface area contributed by atoms with Gasteiger partial charge in [0.1, 0.15) is 17.7 Å². The maximum Gasteiger partial charge on any atom is 0.104 e. The summed E-state index contributed by atoms with van der Waals surface area (Å²) in [4.78, 5) is 0. The van der Waals surface area contributed by atoms with E-state index in [9.17, 15) is 10.5 Å². The van der Waals surface area contributed by atoms with Gasteiger partial charge in [0.2, 0.25) is 0 Å². The first-order valence-electron chi connectivity index (χ1n) is 22.9. The van der Waals surface area contributed by atoms with Crippen LogP contribution in [0.4, 0.5) is 0 Å². The lowest BCUT2D eigenvalue weighted by Gasteiger charge is -2.25. The lowest BCUT2D eigenvalue weighted by Crippen LogP contribution is -2.11. The second kappa shape index (κ2) is 14.5. The average molecular weight is 929 g/mol. The Hall–Kier alpha value is -8.56. The van der Waals surface area contributed by atoms with Gasteiger partial charge in [-0.15, -0.1) is 34.0 Å². The fourth-order valence-electron chi connectivity index (χ4n) is 11.4. The van der Waals surface area contributed by atoms with E-state index >= 15 is 0 Å². The minimum atomic E-state index is 0.488. The molecule has 0 unspecified atom stereocenters. The highest BCUT2D eigenvalue weighted by Gasteiger charge is 2.33. The van der Waals surface area contributed by atoms with Gasteiger partial charge in [0, 0.05) is 79.1 Å². The predicted molar refractivity (Wildman–Crippen MR) is 294 cm³/mol. The summed E-state index contributed by atoms with van der Waals surface area (Å²) in [5.74, 6) is 0. The van der Waals surface area contributed by atoms with Crippen molar-refractivity contribution in [2.45, 2.75) is 0 Å². The number of benzene rings is 10. The number of fused-ring (bicyclic) bond motifs is 18. The van der Waals surface area contributed by atoms with Gasteiger partial charge in [-0.1, -0.05) is 170 Å². The van der Waals surface area contributed by atoms with Crippen molar-refractivity contribution in [2.75, 3.05) is 0 Å². The van der Waals surface area contributed by atoms with Gasteiger partial charge in [0.15, 0.2) is 0 Å². The second-order valence-corrected chi connectivity index (χ2v) is 20.8. The number of nitriles is 2. The van der Waals surface area contributed by atoms with E-state index in [2.05, 4.69) is 179 Å². The molecule has 0 spiro atoms. The molecular weight excluding hydrogens is 897 g/mol. The summed E-state index contributed by atoms with van der Waals surface area (Å²) < 4.78 is 11.7. The lowest BCUT2D eigenvalue weighted by molar-refractivity contribution is 1.12. The van der Waals surface area contributed by atoms with E-state index in [-0.39, 0.29) is 0 Å². The Bertz CT molecular complexity index is 4670. The van der Waals surface area contributed by atoms with E-state index in [0.29, 0.717) is 22.5 Å². The van der Waals surface area contributed by atoms with Gasteiger partial charge >= 0.3 is 0 Å². The lowest BCUT2D eigenvalue weighted by atomic mass is 9.86. The number of rotatable bonds is 4. The molecule has 15 aromatic rings. The molecule has 15 rings (SSSR count). The summed E-state index contributed by atoms with van der Waals surface area (Å²) >= 11 is 5.36. The van der Waals surface area contributed by atoms with E-state index in [1.807, 2.05) is 36.4 Å². The van der Waals surface area contributed by atoms with Crippen molar-refractivity contribution in [2.24, 2.45) is 0 Å². The zero-order valence-corrected chi connectivity index (χ0v) is 38.9. The van der Waals surface area contributed by atoms with Crippen molar-refractivity contribution in [3.8, 4) is 45.8 Å². The van der Waals surface area contributed by atoms with Crippen LogP contribution in [-0.2, 0) is 0 Å². The van der Waals surface area contributed by atoms with Crippen molar-refractivity contribution >= 4 is 138 Å². The number of aromatic nitrogens is 2. The molecule has 0 saturated heterocycles. The van der Waals surface area contributed by atoms with Gasteiger partial charge in [0.25, 0.3) is 0 Å². The van der Waals surface area contributed by atoms with Crippen molar-refractivity contribution in [3.05, 3.63) is 205 Å². The highest BCUT2D eigenvalue weighted by molar-refractivity contribution is 7.27. The second-order valence-electron chi connectivity index (χ2n) is 17.7. The predicted octanol–water partition coefficient (Wildman–Crippen LogP) is 18.1. The molecule has 318 valence electrons. The third-order valence-corrected chi connectivity index (χ3v) is 17.8. The van der Waals surface area contributed by atoms with Crippen LogP contribution in [0.5, 0.6) is 0 Å². The first-order valence-corrected chi connectivity index (χ1v) is 25.3. The van der Waals surface area contributed by atoms with Gasteiger partial charge in [-0.25, -0.2) is 0 Å². The number of hydrogen-bond acceptors (Lipinski definition) is 5. The first-order chi connectivity index (χ1) is 34.2. The quantitative estimate of drug-likeness (QED) is 0.177.